The topological polar surface area (TPSA) is 52.6 Å². The molecule has 0 radical (unpaired) electrons. The highest BCUT2D eigenvalue weighted by molar-refractivity contribution is 6.31. The number of carbonyl (C=O) groups excluding carboxylic acids is 2. The molecule has 16 heavy (non-hydrogen) atoms. The van der Waals surface area contributed by atoms with Crippen molar-refractivity contribution in [2.24, 2.45) is 0 Å². The summed E-state index contributed by atoms with van der Waals surface area (Å²) in [5, 5.41) is 0.283. The van der Waals surface area contributed by atoms with E-state index in [0.29, 0.717) is 0 Å². The predicted molar refractivity (Wildman–Crippen MR) is 58.7 cm³/mol. The van der Waals surface area contributed by atoms with Crippen LogP contribution in [0, 0.1) is 0 Å². The van der Waals surface area contributed by atoms with Gasteiger partial charge in [0.15, 0.2) is 0 Å². The van der Waals surface area contributed by atoms with Gasteiger partial charge in [-0.25, -0.2) is 9.59 Å². The Morgan fingerprint density at radius 1 is 1.19 bits per heavy atom. The number of hydrogen-bond donors (Lipinski definition) is 0. The Balaban J connectivity index is 3.07. The molecule has 0 aromatic heterocycles. The standard InChI is InChI=1S/C11H11ClO4/c1-3-16-11(14)8-4-7(10(13)15-2)5-9(12)6-8/h4-6H,3H2,1-2H3. The number of benzene rings is 1. The van der Waals surface area contributed by atoms with Crippen LogP contribution in [0.1, 0.15) is 27.6 Å². The van der Waals surface area contributed by atoms with E-state index in [0.717, 1.165) is 0 Å². The summed E-state index contributed by atoms with van der Waals surface area (Å²) in [4.78, 5) is 22.7. The monoisotopic (exact) mass is 242 g/mol. The third-order valence-corrected chi connectivity index (χ3v) is 2.05. The summed E-state index contributed by atoms with van der Waals surface area (Å²) >= 11 is 5.78. The van der Waals surface area contributed by atoms with Crippen LogP contribution in [-0.2, 0) is 9.47 Å². The molecule has 4 nitrogen and oxygen atoms in total. The molecule has 0 unspecified atom stereocenters. The van der Waals surface area contributed by atoms with Crippen LogP contribution in [0.25, 0.3) is 0 Å². The highest BCUT2D eigenvalue weighted by Gasteiger charge is 2.13. The number of methoxy groups -OCH3 is 1. The zero-order chi connectivity index (χ0) is 12.1. The molecule has 0 atom stereocenters. The number of carbonyl (C=O) groups is 2. The minimum Gasteiger partial charge on any atom is -0.465 e. The SMILES string of the molecule is CCOC(=O)c1cc(Cl)cc(C(=O)OC)c1. The van der Waals surface area contributed by atoms with Gasteiger partial charge >= 0.3 is 11.9 Å². The molecule has 0 saturated heterocycles. The summed E-state index contributed by atoms with van der Waals surface area (Å²) in [6.07, 6.45) is 0. The fraction of sp³-hybridized carbons (Fsp3) is 0.273. The summed E-state index contributed by atoms with van der Waals surface area (Å²) in [7, 11) is 1.26. The van der Waals surface area contributed by atoms with Gasteiger partial charge in [-0.2, -0.15) is 0 Å². The van der Waals surface area contributed by atoms with Gasteiger partial charge in [0.2, 0.25) is 0 Å². The summed E-state index contributed by atoms with van der Waals surface area (Å²) in [6.45, 7) is 1.96. The van der Waals surface area contributed by atoms with Crippen molar-refractivity contribution in [3.05, 3.63) is 34.3 Å². The van der Waals surface area contributed by atoms with Crippen LogP contribution >= 0.6 is 11.6 Å². The van der Waals surface area contributed by atoms with Crippen molar-refractivity contribution in [3.63, 3.8) is 0 Å². The molecule has 0 spiro atoms. The highest BCUT2D eigenvalue weighted by atomic mass is 35.5. The van der Waals surface area contributed by atoms with Crippen LogP contribution in [-0.4, -0.2) is 25.7 Å². The second kappa shape index (κ2) is 5.51. The Bertz CT molecular complexity index is 414. The van der Waals surface area contributed by atoms with Gasteiger partial charge in [-0.05, 0) is 25.1 Å². The fourth-order valence-electron chi connectivity index (χ4n) is 1.16. The van der Waals surface area contributed by atoms with Crippen molar-refractivity contribution < 1.29 is 19.1 Å². The molecule has 1 rings (SSSR count). The fourth-order valence-corrected chi connectivity index (χ4v) is 1.39. The molecule has 0 amide bonds. The van der Waals surface area contributed by atoms with Gasteiger partial charge in [0.1, 0.15) is 0 Å². The second-order valence-electron chi connectivity index (χ2n) is 2.94. The van der Waals surface area contributed by atoms with Gasteiger partial charge in [-0.3, -0.25) is 0 Å². The van der Waals surface area contributed by atoms with E-state index in [4.69, 9.17) is 16.3 Å². The summed E-state index contributed by atoms with van der Waals surface area (Å²) < 4.78 is 9.34. The molecular formula is C11H11ClO4. The number of ether oxygens (including phenoxy) is 2. The zero-order valence-electron chi connectivity index (χ0n) is 8.95. The molecule has 1 aromatic rings. The third kappa shape index (κ3) is 2.97. The normalized spacial score (nSPS) is 9.69. The molecule has 0 N–H and O–H groups in total. The van der Waals surface area contributed by atoms with E-state index in [1.807, 2.05) is 0 Å². The quantitative estimate of drug-likeness (QED) is 0.764. The number of rotatable bonds is 3. The number of esters is 2. The van der Waals surface area contributed by atoms with Crippen LogP contribution in [0.4, 0.5) is 0 Å². The van der Waals surface area contributed by atoms with Crippen LogP contribution < -0.4 is 0 Å². The van der Waals surface area contributed by atoms with E-state index in [1.54, 1.807) is 6.92 Å². The van der Waals surface area contributed by atoms with Crippen LogP contribution in [0.2, 0.25) is 5.02 Å². The largest absolute Gasteiger partial charge is 0.465 e. The van der Waals surface area contributed by atoms with Crippen molar-refractivity contribution >= 4 is 23.5 Å². The van der Waals surface area contributed by atoms with Crippen LogP contribution in [0.3, 0.4) is 0 Å². The second-order valence-corrected chi connectivity index (χ2v) is 3.38. The molecular weight excluding hydrogens is 232 g/mol. The maximum atomic E-state index is 11.4. The molecule has 0 heterocycles. The Morgan fingerprint density at radius 2 is 1.75 bits per heavy atom. The molecule has 5 heteroatoms. The lowest BCUT2D eigenvalue weighted by Gasteiger charge is -2.05. The summed E-state index contributed by atoms with van der Waals surface area (Å²) in [5.74, 6) is -1.07. The summed E-state index contributed by atoms with van der Waals surface area (Å²) in [5.41, 5.74) is 0.452. The molecule has 1 aromatic carbocycles. The lowest BCUT2D eigenvalue weighted by Crippen LogP contribution is -2.08. The first kappa shape index (κ1) is 12.5. The van der Waals surface area contributed by atoms with E-state index in [9.17, 15) is 9.59 Å². The Labute approximate surface area is 98.1 Å². The maximum Gasteiger partial charge on any atom is 0.338 e. The lowest BCUT2D eigenvalue weighted by atomic mass is 10.1. The van der Waals surface area contributed by atoms with Crippen molar-refractivity contribution in [2.75, 3.05) is 13.7 Å². The van der Waals surface area contributed by atoms with Gasteiger partial charge < -0.3 is 9.47 Å². The van der Waals surface area contributed by atoms with Crippen molar-refractivity contribution in [1.82, 2.24) is 0 Å². The first-order valence-electron chi connectivity index (χ1n) is 4.64. The first-order chi connectivity index (χ1) is 7.58. The number of hydrogen-bond acceptors (Lipinski definition) is 4. The third-order valence-electron chi connectivity index (χ3n) is 1.83. The zero-order valence-corrected chi connectivity index (χ0v) is 9.71. The Morgan fingerprint density at radius 3 is 2.25 bits per heavy atom. The maximum absolute atomic E-state index is 11.4. The average Bonchev–Trinajstić information content (AvgIpc) is 2.27. The minimum atomic E-state index is -0.548. The van der Waals surface area contributed by atoms with E-state index in [1.165, 1.54) is 25.3 Å². The van der Waals surface area contributed by atoms with Crippen molar-refractivity contribution in [1.29, 1.82) is 0 Å². The predicted octanol–water partition coefficient (Wildman–Crippen LogP) is 2.30. The Kier molecular flexibility index (Phi) is 4.31. The smallest absolute Gasteiger partial charge is 0.338 e. The minimum absolute atomic E-state index is 0.220. The van der Waals surface area contributed by atoms with Gasteiger partial charge in [-0.15, -0.1) is 0 Å². The van der Waals surface area contributed by atoms with Crippen LogP contribution in [0.5, 0.6) is 0 Å². The number of halogens is 1. The van der Waals surface area contributed by atoms with Gasteiger partial charge in [-0.1, -0.05) is 11.6 Å². The molecule has 0 fully saturated rings. The average molecular weight is 243 g/mol. The molecule has 0 aliphatic rings. The molecule has 0 bridgehead atoms. The lowest BCUT2D eigenvalue weighted by molar-refractivity contribution is 0.0526. The Hall–Kier alpha value is -1.55. The molecule has 0 saturated carbocycles. The summed E-state index contributed by atoms with van der Waals surface area (Å²) in [6, 6.07) is 4.25. The van der Waals surface area contributed by atoms with E-state index >= 15 is 0 Å². The van der Waals surface area contributed by atoms with E-state index in [-0.39, 0.29) is 22.8 Å². The van der Waals surface area contributed by atoms with Gasteiger partial charge in [0.05, 0.1) is 24.8 Å². The van der Waals surface area contributed by atoms with Crippen molar-refractivity contribution in [3.8, 4) is 0 Å². The van der Waals surface area contributed by atoms with Crippen LogP contribution in [0.15, 0.2) is 18.2 Å². The van der Waals surface area contributed by atoms with Gasteiger partial charge in [0.25, 0.3) is 0 Å². The van der Waals surface area contributed by atoms with Crippen molar-refractivity contribution in [2.45, 2.75) is 6.92 Å². The first-order valence-corrected chi connectivity index (χ1v) is 5.02. The molecule has 86 valence electrons. The van der Waals surface area contributed by atoms with Gasteiger partial charge in [0, 0.05) is 5.02 Å². The van der Waals surface area contributed by atoms with E-state index in [2.05, 4.69) is 4.74 Å². The van der Waals surface area contributed by atoms with E-state index < -0.39 is 11.9 Å². The molecule has 0 aliphatic heterocycles. The molecule has 0 aliphatic carbocycles. The highest BCUT2D eigenvalue weighted by Crippen LogP contribution is 2.16.